The van der Waals surface area contributed by atoms with E-state index in [1.165, 1.54) is 30.8 Å². The van der Waals surface area contributed by atoms with Crippen molar-refractivity contribution in [3.05, 3.63) is 65.0 Å². The second-order valence-electron chi connectivity index (χ2n) is 11.2. The number of aromatic nitrogens is 3. The molecule has 1 saturated heterocycles. The number of nitrogen functional groups attached to an aromatic ring is 1. The van der Waals surface area contributed by atoms with Gasteiger partial charge < -0.3 is 26.0 Å². The molecule has 1 fully saturated rings. The number of hydrogen-bond donors (Lipinski definition) is 3. The number of fused-ring (bicyclic) bond motifs is 1. The molecule has 48 heavy (non-hydrogen) atoms. The molecular weight excluding hydrogens is 661 g/mol. The lowest BCUT2D eigenvalue weighted by atomic mass is 10.0. The van der Waals surface area contributed by atoms with Crippen LogP contribution in [-0.4, -0.2) is 69.3 Å². The number of likely N-dealkylation sites (tertiary alicyclic amines) is 1. The molecule has 1 atom stereocenters. The maximum atomic E-state index is 14.0. The molecule has 2 aliphatic rings. The van der Waals surface area contributed by atoms with Crippen LogP contribution in [0, 0.1) is 0 Å². The molecule has 0 amide bonds. The Morgan fingerprint density at radius 2 is 1.56 bits per heavy atom. The summed E-state index contributed by atoms with van der Waals surface area (Å²) < 4.78 is 113. The van der Waals surface area contributed by atoms with Gasteiger partial charge in [0.2, 0.25) is 5.95 Å². The van der Waals surface area contributed by atoms with Crippen LogP contribution < -0.4 is 16.0 Å². The number of halogens is 9. The molecule has 9 nitrogen and oxygen atoms in total. The molecule has 0 bridgehead atoms. The van der Waals surface area contributed by atoms with Crippen LogP contribution in [-0.2, 0) is 30.0 Å². The van der Waals surface area contributed by atoms with Crippen LogP contribution in [0.3, 0.4) is 0 Å². The number of benzene rings is 1. The minimum Gasteiger partial charge on any atom is -0.475 e. The minimum absolute atomic E-state index is 0.0322. The van der Waals surface area contributed by atoms with Crippen molar-refractivity contribution in [2.24, 2.45) is 0 Å². The number of nitrogens with two attached hydrogens (primary N) is 1. The molecule has 0 aliphatic carbocycles. The number of nitrogens with one attached hydrogen (secondary N) is 1. The van der Waals surface area contributed by atoms with Gasteiger partial charge in [-0.3, -0.25) is 0 Å². The predicted octanol–water partition coefficient (Wildman–Crippen LogP) is 6.72. The third-order valence-corrected chi connectivity index (χ3v) is 7.89. The number of alkyl halides is 9. The van der Waals surface area contributed by atoms with Crippen molar-refractivity contribution in [3.8, 4) is 0 Å². The van der Waals surface area contributed by atoms with Gasteiger partial charge in [0, 0.05) is 43.0 Å². The van der Waals surface area contributed by atoms with E-state index < -0.39 is 35.6 Å². The largest absolute Gasteiger partial charge is 0.490 e. The fourth-order valence-corrected chi connectivity index (χ4v) is 5.61. The van der Waals surface area contributed by atoms with E-state index in [0.717, 1.165) is 50.7 Å². The smallest absolute Gasteiger partial charge is 0.475 e. The summed E-state index contributed by atoms with van der Waals surface area (Å²) in [7, 11) is 0. The van der Waals surface area contributed by atoms with E-state index in [9.17, 15) is 39.5 Å². The molecule has 0 saturated carbocycles. The Morgan fingerprint density at radius 1 is 0.917 bits per heavy atom. The molecule has 4 heterocycles. The van der Waals surface area contributed by atoms with E-state index in [1.54, 1.807) is 4.90 Å². The van der Waals surface area contributed by atoms with Crippen LogP contribution >= 0.6 is 0 Å². The summed E-state index contributed by atoms with van der Waals surface area (Å²) >= 11 is 0. The van der Waals surface area contributed by atoms with Crippen molar-refractivity contribution in [3.63, 3.8) is 0 Å². The zero-order valence-corrected chi connectivity index (χ0v) is 25.3. The van der Waals surface area contributed by atoms with E-state index in [-0.39, 0.29) is 30.8 Å². The van der Waals surface area contributed by atoms with Gasteiger partial charge in [0.05, 0.1) is 16.8 Å². The fourth-order valence-electron chi connectivity index (χ4n) is 5.61. The van der Waals surface area contributed by atoms with Crippen molar-refractivity contribution >= 4 is 29.2 Å². The number of nitrogens with zero attached hydrogens (tertiary/aromatic N) is 5. The fraction of sp³-hybridized carbons (Fsp3) is 0.467. The van der Waals surface area contributed by atoms with Gasteiger partial charge in [-0.15, -0.1) is 0 Å². The molecule has 1 aromatic carbocycles. The predicted molar refractivity (Wildman–Crippen MR) is 158 cm³/mol. The van der Waals surface area contributed by atoms with Crippen LogP contribution in [0.25, 0.3) is 0 Å². The third kappa shape index (κ3) is 9.60. The molecule has 5 rings (SSSR count). The number of aliphatic carboxylic acids is 1. The molecule has 0 spiro atoms. The van der Waals surface area contributed by atoms with E-state index >= 15 is 0 Å². The van der Waals surface area contributed by atoms with Gasteiger partial charge in [-0.05, 0) is 75.2 Å². The first kappa shape index (κ1) is 36.5. The number of hydrogen-bond acceptors (Lipinski definition) is 8. The molecule has 2 aromatic heterocycles. The topological polar surface area (TPSA) is 120 Å². The Labute approximate surface area is 269 Å². The molecule has 3 aromatic rings. The first-order valence-electron chi connectivity index (χ1n) is 14.8. The van der Waals surface area contributed by atoms with E-state index in [4.69, 9.17) is 15.6 Å². The normalized spacial score (nSPS) is 17.5. The van der Waals surface area contributed by atoms with Crippen molar-refractivity contribution in [2.75, 3.05) is 42.1 Å². The van der Waals surface area contributed by atoms with Crippen molar-refractivity contribution in [1.82, 2.24) is 19.9 Å². The molecule has 2 aliphatic heterocycles. The van der Waals surface area contributed by atoms with Crippen LogP contribution in [0.2, 0.25) is 0 Å². The Bertz CT molecular complexity index is 1540. The molecule has 0 radical (unpaired) electrons. The van der Waals surface area contributed by atoms with Gasteiger partial charge >= 0.3 is 24.5 Å². The Morgan fingerprint density at radius 3 is 2.15 bits per heavy atom. The maximum absolute atomic E-state index is 14.0. The average molecular weight is 694 g/mol. The van der Waals surface area contributed by atoms with Gasteiger partial charge in [0.15, 0.2) is 0 Å². The number of carboxylic acid groups (broad SMARTS) is 1. The Hall–Kier alpha value is -4.35. The summed E-state index contributed by atoms with van der Waals surface area (Å²) in [5.74, 6) is -2.60. The maximum Gasteiger partial charge on any atom is 0.490 e. The molecule has 4 N–H and O–H groups in total. The van der Waals surface area contributed by atoms with Crippen molar-refractivity contribution in [2.45, 2.75) is 63.1 Å². The first-order valence-corrected chi connectivity index (χ1v) is 14.8. The van der Waals surface area contributed by atoms with Gasteiger partial charge in [-0.1, -0.05) is 6.42 Å². The standard InChI is InChI=1S/C28H31F6N7.C2HF3O2/c29-27(30,31)18-6-8-19(9-7-18)37-24-21-11-16-41(25-22(28(32,33)34)5-4-12-36-25)20(17-23(21)38-26(35)39-24)10-15-40-13-2-1-3-14-40;3-2(4,5)1(6)7/h4-9,12,20H,1-3,10-11,13-17H2,(H3,35,37,38,39);(H,6,7). The number of piperidine rings is 1. The van der Waals surface area contributed by atoms with Crippen LogP contribution in [0.5, 0.6) is 0 Å². The number of carbonyl (C=O) groups is 1. The van der Waals surface area contributed by atoms with Crippen molar-refractivity contribution in [1.29, 1.82) is 0 Å². The molecule has 18 heteroatoms. The second kappa shape index (κ2) is 14.8. The highest BCUT2D eigenvalue weighted by molar-refractivity contribution is 5.73. The number of anilines is 4. The molecule has 1 unspecified atom stereocenters. The molecule has 262 valence electrons. The zero-order valence-electron chi connectivity index (χ0n) is 25.3. The summed E-state index contributed by atoms with van der Waals surface area (Å²) in [6.45, 7) is 2.85. The quantitative estimate of drug-likeness (QED) is 0.242. The number of pyridine rings is 1. The highest BCUT2D eigenvalue weighted by Gasteiger charge is 2.39. The number of rotatable bonds is 6. The van der Waals surface area contributed by atoms with Crippen LogP contribution in [0.1, 0.15) is 48.1 Å². The Kier molecular flexibility index (Phi) is 11.3. The SMILES string of the molecule is Nc1nc2c(c(Nc3ccc(C(F)(F)F)cc3)n1)CCN(c1ncccc1C(F)(F)F)C(CCN1CCCCC1)C2.O=C(O)C(F)(F)F. The summed E-state index contributed by atoms with van der Waals surface area (Å²) in [5, 5.41) is 10.2. The summed E-state index contributed by atoms with van der Waals surface area (Å²) in [6.07, 6.45) is -8.22. The summed E-state index contributed by atoms with van der Waals surface area (Å²) in [6, 6.07) is 6.48. The second-order valence-corrected chi connectivity index (χ2v) is 11.2. The highest BCUT2D eigenvalue weighted by atomic mass is 19.4. The van der Waals surface area contributed by atoms with Gasteiger partial charge in [0.25, 0.3) is 0 Å². The minimum atomic E-state index is -5.08. The highest BCUT2D eigenvalue weighted by Crippen LogP contribution is 2.38. The van der Waals surface area contributed by atoms with E-state index in [0.29, 0.717) is 35.6 Å². The van der Waals surface area contributed by atoms with Gasteiger partial charge in [0.1, 0.15) is 11.6 Å². The van der Waals surface area contributed by atoms with E-state index in [1.807, 2.05) is 0 Å². The third-order valence-electron chi connectivity index (χ3n) is 7.89. The lowest BCUT2D eigenvalue weighted by molar-refractivity contribution is -0.192. The summed E-state index contributed by atoms with van der Waals surface area (Å²) in [4.78, 5) is 25.9. The van der Waals surface area contributed by atoms with Crippen molar-refractivity contribution < 1.29 is 49.4 Å². The average Bonchev–Trinajstić information content (AvgIpc) is 3.19. The van der Waals surface area contributed by atoms with Gasteiger partial charge in [-0.2, -0.15) is 44.5 Å². The monoisotopic (exact) mass is 693 g/mol. The van der Waals surface area contributed by atoms with Crippen LogP contribution in [0.4, 0.5) is 62.8 Å². The lowest BCUT2D eigenvalue weighted by Gasteiger charge is -2.35. The summed E-state index contributed by atoms with van der Waals surface area (Å²) in [5.41, 5.74) is 6.08. The number of carboxylic acids is 1. The first-order chi connectivity index (χ1) is 22.4. The Balaban J connectivity index is 0.000000671. The zero-order chi connectivity index (χ0) is 35.3. The lowest BCUT2D eigenvalue weighted by Crippen LogP contribution is -2.42. The van der Waals surface area contributed by atoms with E-state index in [2.05, 4.69) is 25.2 Å². The van der Waals surface area contributed by atoms with Crippen LogP contribution in [0.15, 0.2) is 42.6 Å². The van der Waals surface area contributed by atoms with Gasteiger partial charge in [-0.25, -0.2) is 14.8 Å². The molecular formula is C30H32F9N7O2.